The molecule has 5 N–H and O–H groups in total. The van der Waals surface area contributed by atoms with E-state index in [9.17, 15) is 19.5 Å². The Morgan fingerprint density at radius 3 is 2.69 bits per heavy atom. The molecule has 1 aromatic carbocycles. The Hall–Kier alpha value is -3.50. The van der Waals surface area contributed by atoms with Crippen molar-refractivity contribution in [3.05, 3.63) is 24.3 Å². The van der Waals surface area contributed by atoms with Crippen LogP contribution in [-0.4, -0.2) is 74.4 Å². The number of alkyl carbamates (subject to hydrolysis) is 1. The van der Waals surface area contributed by atoms with E-state index in [1.54, 1.807) is 0 Å². The van der Waals surface area contributed by atoms with Crippen LogP contribution in [0.5, 0.6) is 0 Å². The number of carbonyl (C=O) groups excluding carboxylic acids is 2. The molecule has 0 bridgehead atoms. The lowest BCUT2D eigenvalue weighted by Crippen LogP contribution is -2.50. The molecule has 0 spiro atoms. The zero-order valence-corrected chi connectivity index (χ0v) is 20.4. The summed E-state index contributed by atoms with van der Waals surface area (Å²) in [5.74, 6) is -0.729. The maximum absolute atomic E-state index is 12.6. The zero-order valence-electron chi connectivity index (χ0n) is 20.4. The fourth-order valence-corrected chi connectivity index (χ4v) is 3.91. The van der Waals surface area contributed by atoms with Crippen molar-refractivity contribution >= 4 is 35.3 Å². The van der Waals surface area contributed by atoms with Gasteiger partial charge in [0.2, 0.25) is 5.91 Å². The van der Waals surface area contributed by atoms with Crippen molar-refractivity contribution < 1.29 is 24.2 Å². The van der Waals surface area contributed by atoms with Crippen molar-refractivity contribution in [3.63, 3.8) is 0 Å². The van der Waals surface area contributed by atoms with Gasteiger partial charge in [0.05, 0.1) is 6.61 Å². The Morgan fingerprint density at radius 2 is 2.03 bits per heavy atom. The number of piperidine rings is 1. The number of nitrogens with one attached hydrogen (secondary N) is 4. The number of amides is 2. The molecule has 11 nitrogen and oxygen atoms in total. The van der Waals surface area contributed by atoms with Gasteiger partial charge in [-0.15, -0.1) is 0 Å². The van der Waals surface area contributed by atoms with Gasteiger partial charge in [-0.3, -0.25) is 9.79 Å². The average molecular weight is 489 g/mol. The number of aliphatic carboxylic acids is 1. The molecule has 1 saturated heterocycles. The van der Waals surface area contributed by atoms with Crippen LogP contribution in [0.3, 0.4) is 0 Å². The number of guanidine groups is 1. The molecule has 0 saturated carbocycles. The second-order valence-corrected chi connectivity index (χ2v) is 9.22. The lowest BCUT2D eigenvalue weighted by Gasteiger charge is -2.33. The van der Waals surface area contributed by atoms with Crippen molar-refractivity contribution in [2.75, 3.05) is 49.5 Å². The number of carbonyl (C=O) groups is 3. The number of carboxylic acids is 1. The van der Waals surface area contributed by atoms with E-state index in [0.29, 0.717) is 25.9 Å². The number of aliphatic imine (C=N–C) groups is 1. The fraction of sp³-hybridized carbons (Fsp3) is 0.583. The second kappa shape index (κ2) is 12.8. The molecule has 1 atom stereocenters. The molecular weight excluding hydrogens is 452 g/mol. The first kappa shape index (κ1) is 26.1. The van der Waals surface area contributed by atoms with Gasteiger partial charge in [-0.25, -0.2) is 9.59 Å². The van der Waals surface area contributed by atoms with Crippen LogP contribution in [0, 0.1) is 11.8 Å². The first-order valence-electron chi connectivity index (χ1n) is 12.2. The SMILES string of the molecule is CC(C)COC(=O)NC(CNC(=O)C1CCN(c2cccc(NC3=NCCCN3)c2)CC1)C(=O)O. The zero-order chi connectivity index (χ0) is 25.2. The molecule has 11 heteroatoms. The average Bonchev–Trinajstić information content (AvgIpc) is 2.86. The van der Waals surface area contributed by atoms with Crippen molar-refractivity contribution in [2.24, 2.45) is 16.8 Å². The van der Waals surface area contributed by atoms with Crippen LogP contribution in [0.25, 0.3) is 0 Å². The Balaban J connectivity index is 1.45. The minimum Gasteiger partial charge on any atom is -0.480 e. The highest BCUT2D eigenvalue weighted by atomic mass is 16.5. The van der Waals surface area contributed by atoms with Gasteiger partial charge >= 0.3 is 12.1 Å². The summed E-state index contributed by atoms with van der Waals surface area (Å²) in [6.45, 7) is 6.90. The highest BCUT2D eigenvalue weighted by Gasteiger charge is 2.27. The summed E-state index contributed by atoms with van der Waals surface area (Å²) in [6, 6.07) is 6.85. The summed E-state index contributed by atoms with van der Waals surface area (Å²) in [5.41, 5.74) is 2.02. The van der Waals surface area contributed by atoms with E-state index in [1.165, 1.54) is 0 Å². The van der Waals surface area contributed by atoms with Crippen LogP contribution in [-0.2, 0) is 14.3 Å². The number of hydrogen-bond donors (Lipinski definition) is 5. The van der Waals surface area contributed by atoms with Crippen molar-refractivity contribution in [2.45, 2.75) is 39.2 Å². The molecule has 2 aliphatic heterocycles. The molecule has 35 heavy (non-hydrogen) atoms. The van der Waals surface area contributed by atoms with E-state index in [4.69, 9.17) is 4.74 Å². The van der Waals surface area contributed by atoms with E-state index < -0.39 is 18.1 Å². The van der Waals surface area contributed by atoms with Crippen LogP contribution >= 0.6 is 0 Å². The highest BCUT2D eigenvalue weighted by molar-refractivity contribution is 5.94. The third-order valence-corrected chi connectivity index (χ3v) is 5.86. The molecule has 0 radical (unpaired) electrons. The maximum atomic E-state index is 12.6. The topological polar surface area (TPSA) is 144 Å². The van der Waals surface area contributed by atoms with Crippen LogP contribution in [0.1, 0.15) is 33.1 Å². The van der Waals surface area contributed by atoms with Gasteiger partial charge in [-0.05, 0) is 43.4 Å². The van der Waals surface area contributed by atoms with Gasteiger partial charge in [-0.1, -0.05) is 19.9 Å². The predicted octanol–water partition coefficient (Wildman–Crippen LogP) is 1.62. The molecule has 2 amide bonds. The Labute approximate surface area is 205 Å². The Kier molecular flexibility index (Phi) is 9.56. The summed E-state index contributed by atoms with van der Waals surface area (Å²) in [6.07, 6.45) is 1.53. The van der Waals surface area contributed by atoms with Crippen LogP contribution in [0.2, 0.25) is 0 Å². The molecule has 0 aromatic heterocycles. The summed E-state index contributed by atoms with van der Waals surface area (Å²) in [4.78, 5) is 42.6. The van der Waals surface area contributed by atoms with Gasteiger partial charge in [0.15, 0.2) is 5.96 Å². The summed E-state index contributed by atoms with van der Waals surface area (Å²) >= 11 is 0. The number of benzene rings is 1. The number of ether oxygens (including phenoxy) is 1. The number of carboxylic acid groups (broad SMARTS) is 1. The fourth-order valence-electron chi connectivity index (χ4n) is 3.91. The van der Waals surface area contributed by atoms with Crippen molar-refractivity contribution in [1.29, 1.82) is 0 Å². The predicted molar refractivity (Wildman–Crippen MR) is 134 cm³/mol. The number of nitrogens with zero attached hydrogens (tertiary/aromatic N) is 2. The van der Waals surface area contributed by atoms with Crippen molar-refractivity contribution in [3.8, 4) is 0 Å². The number of hydrogen-bond acceptors (Lipinski definition) is 8. The van der Waals surface area contributed by atoms with Crippen molar-refractivity contribution in [1.82, 2.24) is 16.0 Å². The van der Waals surface area contributed by atoms with E-state index >= 15 is 0 Å². The van der Waals surface area contributed by atoms with Gasteiger partial charge in [-0.2, -0.15) is 0 Å². The molecule has 3 rings (SSSR count). The lowest BCUT2D eigenvalue weighted by molar-refractivity contribution is -0.139. The van der Waals surface area contributed by atoms with Gasteiger partial charge in [0, 0.05) is 50.0 Å². The summed E-state index contributed by atoms with van der Waals surface area (Å²) in [7, 11) is 0. The van der Waals surface area contributed by atoms with E-state index in [0.717, 1.165) is 36.8 Å². The number of anilines is 2. The molecule has 1 aromatic rings. The molecular formula is C24H36N6O5. The van der Waals surface area contributed by atoms with E-state index in [1.807, 2.05) is 32.0 Å². The maximum Gasteiger partial charge on any atom is 0.407 e. The standard InChI is InChI=1S/C24H36N6O5/c1-16(2)15-35-24(34)29-20(22(32)33)14-27-21(31)17-7-11-30(12-8-17)19-6-3-5-18(13-19)28-23-25-9-4-10-26-23/h3,5-6,13,16-17,20H,4,7-12,14-15H2,1-2H3,(H,27,31)(H,29,34)(H,32,33)(H2,25,26,28). The normalized spacial score (nSPS) is 17.1. The first-order valence-corrected chi connectivity index (χ1v) is 12.2. The first-order chi connectivity index (χ1) is 16.8. The third kappa shape index (κ3) is 8.34. The lowest BCUT2D eigenvalue weighted by atomic mass is 9.95. The van der Waals surface area contributed by atoms with Gasteiger partial charge in [0.25, 0.3) is 0 Å². The molecule has 2 heterocycles. The Morgan fingerprint density at radius 1 is 1.26 bits per heavy atom. The van der Waals surface area contributed by atoms with E-state index in [2.05, 4.69) is 37.2 Å². The van der Waals surface area contributed by atoms with Gasteiger partial charge < -0.3 is 36.0 Å². The van der Waals surface area contributed by atoms with E-state index in [-0.39, 0.29) is 30.9 Å². The van der Waals surface area contributed by atoms with Crippen LogP contribution in [0.4, 0.5) is 16.2 Å². The molecule has 0 aliphatic carbocycles. The second-order valence-electron chi connectivity index (χ2n) is 9.22. The quantitative estimate of drug-likeness (QED) is 0.353. The Bertz CT molecular complexity index is 913. The molecule has 2 aliphatic rings. The summed E-state index contributed by atoms with van der Waals surface area (Å²) in [5, 5.41) is 20.9. The minimum atomic E-state index is -1.25. The molecule has 1 fully saturated rings. The van der Waals surface area contributed by atoms with Crippen LogP contribution < -0.4 is 26.2 Å². The minimum absolute atomic E-state index is 0.136. The van der Waals surface area contributed by atoms with Gasteiger partial charge in [0.1, 0.15) is 6.04 Å². The highest BCUT2D eigenvalue weighted by Crippen LogP contribution is 2.25. The number of rotatable bonds is 9. The molecule has 192 valence electrons. The summed E-state index contributed by atoms with van der Waals surface area (Å²) < 4.78 is 4.97. The largest absolute Gasteiger partial charge is 0.480 e. The third-order valence-electron chi connectivity index (χ3n) is 5.86. The smallest absolute Gasteiger partial charge is 0.407 e. The molecule has 1 unspecified atom stereocenters. The monoisotopic (exact) mass is 488 g/mol. The van der Waals surface area contributed by atoms with Crippen LogP contribution in [0.15, 0.2) is 29.3 Å².